The van der Waals surface area contributed by atoms with Gasteiger partial charge in [-0.2, -0.15) is 0 Å². The molecule has 0 aromatic heterocycles. The van der Waals surface area contributed by atoms with Gasteiger partial charge in [-0.25, -0.2) is 0 Å². The van der Waals surface area contributed by atoms with Gasteiger partial charge in [0.25, 0.3) is 0 Å². The highest BCUT2D eigenvalue weighted by atomic mass is 35.5. The largest absolute Gasteiger partial charge is 0.362 e. The Morgan fingerprint density at radius 3 is 2.50 bits per heavy atom. The fourth-order valence-corrected chi connectivity index (χ4v) is 3.11. The molecule has 0 saturated carbocycles. The predicted molar refractivity (Wildman–Crippen MR) is 101 cm³/mol. The zero-order valence-electron chi connectivity index (χ0n) is 12.4. The van der Waals surface area contributed by atoms with Crippen LogP contribution in [0.4, 0.5) is 0 Å². The number of halogens is 1. The van der Waals surface area contributed by atoms with E-state index in [1.54, 1.807) is 11.8 Å². The molecule has 0 saturated heterocycles. The van der Waals surface area contributed by atoms with E-state index in [9.17, 15) is 0 Å². The second-order valence-electron chi connectivity index (χ2n) is 4.83. The van der Waals surface area contributed by atoms with E-state index in [1.165, 1.54) is 10.5 Å². The molecule has 22 heavy (non-hydrogen) atoms. The smallest absolute Gasteiger partial charge is 0.166 e. The molecule has 5 heteroatoms. The Bertz CT molecular complexity index is 587. The number of nitrogens with one attached hydrogen (secondary N) is 2. The van der Waals surface area contributed by atoms with Crippen molar-refractivity contribution in [3.8, 4) is 0 Å². The fourth-order valence-electron chi connectivity index (χ4n) is 1.94. The number of benzene rings is 2. The summed E-state index contributed by atoms with van der Waals surface area (Å²) in [5.41, 5.74) is 1.22. The molecule has 0 unspecified atom stereocenters. The Morgan fingerprint density at radius 1 is 1.14 bits per heavy atom. The molecule has 0 aliphatic rings. The van der Waals surface area contributed by atoms with Crippen LogP contribution in [-0.2, 0) is 0 Å². The monoisotopic (exact) mass is 350 g/mol. The van der Waals surface area contributed by atoms with Crippen LogP contribution in [0.5, 0.6) is 0 Å². The number of hydrogen-bond donors (Lipinski definition) is 2. The number of thiocarbonyl (C=S) groups is 1. The van der Waals surface area contributed by atoms with Crippen LogP contribution in [0.15, 0.2) is 59.5 Å². The van der Waals surface area contributed by atoms with Gasteiger partial charge in [-0.3, -0.25) is 0 Å². The summed E-state index contributed by atoms with van der Waals surface area (Å²) >= 11 is 13.0. The molecule has 2 nitrogen and oxygen atoms in total. The summed E-state index contributed by atoms with van der Waals surface area (Å²) < 4.78 is 0. The van der Waals surface area contributed by atoms with Gasteiger partial charge in [-0.15, -0.1) is 11.8 Å². The maximum Gasteiger partial charge on any atom is 0.166 e. The molecule has 2 rings (SSSR count). The molecule has 116 valence electrons. The van der Waals surface area contributed by atoms with E-state index in [0.29, 0.717) is 5.11 Å². The van der Waals surface area contributed by atoms with Gasteiger partial charge >= 0.3 is 0 Å². The van der Waals surface area contributed by atoms with Gasteiger partial charge < -0.3 is 10.6 Å². The average Bonchev–Trinajstić information content (AvgIpc) is 2.54. The summed E-state index contributed by atoms with van der Waals surface area (Å²) in [5, 5.41) is 7.99. The predicted octanol–water partition coefficient (Wildman–Crippen LogP) is 4.66. The first-order chi connectivity index (χ1) is 10.6. The highest BCUT2D eigenvalue weighted by Gasteiger charge is 2.05. The summed E-state index contributed by atoms with van der Waals surface area (Å²) in [6.07, 6.45) is 0. The van der Waals surface area contributed by atoms with E-state index >= 15 is 0 Å². The van der Waals surface area contributed by atoms with Crippen molar-refractivity contribution >= 4 is 40.7 Å². The molecule has 0 heterocycles. The molecule has 0 bridgehead atoms. The Balaban J connectivity index is 1.66. The lowest BCUT2D eigenvalue weighted by Crippen LogP contribution is -2.37. The first kappa shape index (κ1) is 17.1. The van der Waals surface area contributed by atoms with Gasteiger partial charge in [0.2, 0.25) is 0 Å². The summed E-state index contributed by atoms with van der Waals surface area (Å²) in [5.74, 6) is 0.948. The lowest BCUT2D eigenvalue weighted by molar-refractivity contribution is 0.703. The Kier molecular flexibility index (Phi) is 7.03. The van der Waals surface area contributed by atoms with Crippen LogP contribution in [0.3, 0.4) is 0 Å². The van der Waals surface area contributed by atoms with Gasteiger partial charge in [-0.1, -0.05) is 41.9 Å². The highest BCUT2D eigenvalue weighted by molar-refractivity contribution is 7.99. The molecular weight excluding hydrogens is 332 g/mol. The molecule has 0 aliphatic heterocycles. The molecular formula is C17H19ClN2S2. The van der Waals surface area contributed by atoms with E-state index in [0.717, 1.165) is 17.3 Å². The Hall–Kier alpha value is -1.23. The van der Waals surface area contributed by atoms with Crippen LogP contribution in [0.2, 0.25) is 5.02 Å². The zero-order chi connectivity index (χ0) is 15.8. The minimum absolute atomic E-state index is 0.199. The van der Waals surface area contributed by atoms with Crippen LogP contribution in [0.25, 0.3) is 0 Å². The standard InChI is InChI=1S/C17H19ClN2S2/c1-13(14-5-3-2-4-6-14)20-17(21)19-11-12-22-16-9-7-15(18)8-10-16/h2-10,13H,11-12H2,1H3,(H2,19,20,21)/t13-/m1/s1. The minimum atomic E-state index is 0.199. The number of thioether (sulfide) groups is 1. The van der Waals surface area contributed by atoms with Crippen molar-refractivity contribution in [1.82, 2.24) is 10.6 Å². The second kappa shape index (κ2) is 9.03. The van der Waals surface area contributed by atoms with Gasteiger partial charge in [-0.05, 0) is 49.0 Å². The first-order valence-electron chi connectivity index (χ1n) is 7.13. The van der Waals surface area contributed by atoms with Crippen molar-refractivity contribution in [2.24, 2.45) is 0 Å². The maximum atomic E-state index is 5.87. The summed E-state index contributed by atoms with van der Waals surface area (Å²) in [6, 6.07) is 18.3. The van der Waals surface area contributed by atoms with Crippen LogP contribution in [0, 0.1) is 0 Å². The quantitative estimate of drug-likeness (QED) is 0.449. The summed E-state index contributed by atoms with van der Waals surface area (Å²) in [6.45, 7) is 2.92. The van der Waals surface area contributed by atoms with Crippen LogP contribution in [-0.4, -0.2) is 17.4 Å². The molecule has 0 spiro atoms. The molecule has 2 aromatic rings. The fraction of sp³-hybridized carbons (Fsp3) is 0.235. The van der Waals surface area contributed by atoms with E-state index in [2.05, 4.69) is 29.7 Å². The molecule has 2 aromatic carbocycles. The first-order valence-corrected chi connectivity index (χ1v) is 8.90. The van der Waals surface area contributed by atoms with Gasteiger partial charge in [0, 0.05) is 22.2 Å². The highest BCUT2D eigenvalue weighted by Crippen LogP contribution is 2.19. The topological polar surface area (TPSA) is 24.1 Å². The lowest BCUT2D eigenvalue weighted by Gasteiger charge is -2.17. The van der Waals surface area contributed by atoms with Crippen LogP contribution < -0.4 is 10.6 Å². The zero-order valence-corrected chi connectivity index (χ0v) is 14.8. The van der Waals surface area contributed by atoms with Crippen LogP contribution >= 0.6 is 35.6 Å². The van der Waals surface area contributed by atoms with Crippen LogP contribution in [0.1, 0.15) is 18.5 Å². The van der Waals surface area contributed by atoms with Crippen molar-refractivity contribution in [3.63, 3.8) is 0 Å². The molecule has 0 amide bonds. The van der Waals surface area contributed by atoms with Crippen molar-refractivity contribution < 1.29 is 0 Å². The van der Waals surface area contributed by atoms with Crippen molar-refractivity contribution in [2.75, 3.05) is 12.3 Å². The maximum absolute atomic E-state index is 5.87. The van der Waals surface area contributed by atoms with E-state index in [1.807, 2.05) is 42.5 Å². The number of hydrogen-bond acceptors (Lipinski definition) is 2. The Labute approximate surface area is 146 Å². The minimum Gasteiger partial charge on any atom is -0.362 e. The van der Waals surface area contributed by atoms with E-state index < -0.39 is 0 Å². The van der Waals surface area contributed by atoms with E-state index in [4.69, 9.17) is 23.8 Å². The Morgan fingerprint density at radius 2 is 1.82 bits per heavy atom. The third kappa shape index (κ3) is 5.87. The number of rotatable bonds is 6. The average molecular weight is 351 g/mol. The molecule has 0 aliphatic carbocycles. The SMILES string of the molecule is C[C@@H](NC(=S)NCCSc1ccc(Cl)cc1)c1ccccc1. The van der Waals surface area contributed by atoms with E-state index in [-0.39, 0.29) is 6.04 Å². The normalized spacial score (nSPS) is 11.7. The lowest BCUT2D eigenvalue weighted by atomic mass is 10.1. The third-order valence-electron chi connectivity index (χ3n) is 3.12. The second-order valence-corrected chi connectivity index (χ2v) is 6.85. The van der Waals surface area contributed by atoms with Gasteiger partial charge in [0.1, 0.15) is 0 Å². The molecule has 0 radical (unpaired) electrons. The summed E-state index contributed by atoms with van der Waals surface area (Å²) in [7, 11) is 0. The third-order valence-corrected chi connectivity index (χ3v) is 4.65. The van der Waals surface area contributed by atoms with Gasteiger partial charge in [0.05, 0.1) is 6.04 Å². The van der Waals surface area contributed by atoms with Crippen molar-refractivity contribution in [2.45, 2.75) is 17.9 Å². The molecule has 1 atom stereocenters. The molecule has 2 N–H and O–H groups in total. The summed E-state index contributed by atoms with van der Waals surface area (Å²) in [4.78, 5) is 1.21. The molecule has 0 fully saturated rings. The van der Waals surface area contributed by atoms with Gasteiger partial charge in [0.15, 0.2) is 5.11 Å². The van der Waals surface area contributed by atoms with Crippen molar-refractivity contribution in [3.05, 3.63) is 65.2 Å². The van der Waals surface area contributed by atoms with Crippen molar-refractivity contribution in [1.29, 1.82) is 0 Å².